The topological polar surface area (TPSA) is 110 Å². The van der Waals surface area contributed by atoms with Crippen molar-refractivity contribution in [2.24, 2.45) is 0 Å². The molecule has 1 aliphatic heterocycles. The number of ether oxygens (including phenoxy) is 1. The maximum atomic E-state index is 12.8. The van der Waals surface area contributed by atoms with Crippen LogP contribution in [-0.4, -0.2) is 69.5 Å². The minimum absolute atomic E-state index is 0.110. The summed E-state index contributed by atoms with van der Waals surface area (Å²) in [5.74, 6) is -0.519. The number of amides is 1. The zero-order valence-electron chi connectivity index (χ0n) is 19.8. The molecule has 1 amide bonds. The summed E-state index contributed by atoms with van der Waals surface area (Å²) in [5.41, 5.74) is 2.66. The third-order valence-electron chi connectivity index (χ3n) is 5.65. The van der Waals surface area contributed by atoms with Gasteiger partial charge >= 0.3 is 0 Å². The molecule has 0 aliphatic carbocycles. The van der Waals surface area contributed by atoms with Gasteiger partial charge in [-0.05, 0) is 48.5 Å². The van der Waals surface area contributed by atoms with Crippen LogP contribution < -0.4 is 10.6 Å². The van der Waals surface area contributed by atoms with Gasteiger partial charge in [-0.2, -0.15) is 8.42 Å². The van der Waals surface area contributed by atoms with E-state index in [0.29, 0.717) is 60.5 Å². The molecule has 4 rings (SSSR count). The van der Waals surface area contributed by atoms with Crippen molar-refractivity contribution in [3.05, 3.63) is 76.4 Å². The number of benzene rings is 2. The summed E-state index contributed by atoms with van der Waals surface area (Å²) in [4.78, 5) is 19.2. The Hall–Kier alpha value is -2.73. The van der Waals surface area contributed by atoms with E-state index in [1.54, 1.807) is 42.6 Å². The van der Waals surface area contributed by atoms with Crippen molar-refractivity contribution in [1.29, 1.82) is 0 Å². The molecule has 196 valence electrons. The van der Waals surface area contributed by atoms with Crippen LogP contribution in [0.3, 0.4) is 0 Å². The van der Waals surface area contributed by atoms with Gasteiger partial charge in [0.1, 0.15) is 6.73 Å². The first-order valence-corrected chi connectivity index (χ1v) is 13.9. The monoisotopic (exact) mass is 564 g/mol. The number of nitrogens with one attached hydrogen (secondary N) is 2. The second-order valence-electron chi connectivity index (χ2n) is 8.21. The van der Waals surface area contributed by atoms with Gasteiger partial charge in [-0.1, -0.05) is 29.3 Å². The van der Waals surface area contributed by atoms with E-state index in [1.165, 1.54) is 6.07 Å². The summed E-state index contributed by atoms with van der Waals surface area (Å²) >= 11 is 12.7. The Morgan fingerprint density at radius 3 is 2.54 bits per heavy atom. The minimum atomic E-state index is -3.70. The predicted molar refractivity (Wildman–Crippen MR) is 145 cm³/mol. The van der Waals surface area contributed by atoms with E-state index in [2.05, 4.69) is 15.6 Å². The number of carbonyl (C=O) groups is 1. The average molecular weight is 565 g/mol. The Morgan fingerprint density at radius 1 is 1.03 bits per heavy atom. The molecule has 2 aromatic carbocycles. The van der Waals surface area contributed by atoms with Crippen molar-refractivity contribution in [2.75, 3.05) is 56.0 Å². The molecule has 2 N–H and O–H groups in total. The number of anilines is 2. The van der Waals surface area contributed by atoms with E-state index in [4.69, 9.17) is 32.1 Å². The van der Waals surface area contributed by atoms with Crippen LogP contribution >= 0.6 is 23.2 Å². The molecular weight excluding hydrogens is 539 g/mol. The molecule has 0 radical (unpaired) electrons. The highest BCUT2D eigenvalue weighted by molar-refractivity contribution is 7.86. The number of nitrogens with zero attached hydrogens (tertiary/aromatic N) is 2. The number of halogens is 2. The van der Waals surface area contributed by atoms with Crippen LogP contribution in [-0.2, 0) is 19.0 Å². The number of carbonyl (C=O) groups excluding carboxylic acids is 1. The Kier molecular flexibility index (Phi) is 9.36. The van der Waals surface area contributed by atoms with Crippen molar-refractivity contribution in [3.63, 3.8) is 0 Å². The smallest absolute Gasteiger partial charge is 0.270 e. The van der Waals surface area contributed by atoms with Crippen molar-refractivity contribution in [2.45, 2.75) is 0 Å². The first-order valence-electron chi connectivity index (χ1n) is 11.5. The minimum Gasteiger partial charge on any atom is -0.379 e. The van der Waals surface area contributed by atoms with Gasteiger partial charge in [0.05, 0.1) is 40.3 Å². The number of pyridine rings is 1. The first-order chi connectivity index (χ1) is 17.8. The van der Waals surface area contributed by atoms with E-state index in [1.807, 2.05) is 17.0 Å². The molecular formula is C25H26Cl2N4O5S. The summed E-state index contributed by atoms with van der Waals surface area (Å²) in [7, 11) is -3.70. The molecule has 1 saturated heterocycles. The zero-order chi connectivity index (χ0) is 26.3. The lowest BCUT2D eigenvalue weighted by Crippen LogP contribution is -2.39. The maximum absolute atomic E-state index is 12.8. The molecule has 0 saturated carbocycles. The number of rotatable bonds is 10. The fourth-order valence-electron chi connectivity index (χ4n) is 3.66. The summed E-state index contributed by atoms with van der Waals surface area (Å²) in [5, 5.41) is 6.37. The molecule has 0 spiro atoms. The lowest BCUT2D eigenvalue weighted by atomic mass is 10.1. The fraction of sp³-hybridized carbons (Fsp3) is 0.280. The average Bonchev–Trinajstić information content (AvgIpc) is 2.90. The van der Waals surface area contributed by atoms with Crippen LogP contribution in [0.4, 0.5) is 11.4 Å². The largest absolute Gasteiger partial charge is 0.379 e. The van der Waals surface area contributed by atoms with Gasteiger partial charge in [0.2, 0.25) is 0 Å². The number of hydrogen-bond acceptors (Lipinski definition) is 8. The molecule has 0 atom stereocenters. The summed E-state index contributed by atoms with van der Waals surface area (Å²) in [6.45, 7) is 2.74. The van der Waals surface area contributed by atoms with E-state index in [-0.39, 0.29) is 23.1 Å². The van der Waals surface area contributed by atoms with Gasteiger partial charge in [-0.15, -0.1) is 0 Å². The fourth-order valence-corrected chi connectivity index (χ4v) is 4.98. The molecule has 37 heavy (non-hydrogen) atoms. The molecule has 3 aromatic rings. The second kappa shape index (κ2) is 12.7. The number of aromatic nitrogens is 1. The predicted octanol–water partition coefficient (Wildman–Crippen LogP) is 4.36. The second-order valence-corrected chi connectivity index (χ2v) is 10.8. The van der Waals surface area contributed by atoms with Crippen LogP contribution in [0.2, 0.25) is 10.0 Å². The van der Waals surface area contributed by atoms with E-state index >= 15 is 0 Å². The molecule has 12 heteroatoms. The highest BCUT2D eigenvalue weighted by atomic mass is 35.5. The highest BCUT2D eigenvalue weighted by Gasteiger charge is 2.17. The van der Waals surface area contributed by atoms with Crippen molar-refractivity contribution in [1.82, 2.24) is 9.88 Å². The molecule has 0 bridgehead atoms. The Labute approximate surface area is 225 Å². The van der Waals surface area contributed by atoms with Crippen molar-refractivity contribution >= 4 is 50.6 Å². The van der Waals surface area contributed by atoms with E-state index < -0.39 is 16.0 Å². The number of morpholine rings is 1. The quantitative estimate of drug-likeness (QED) is 0.276. The van der Waals surface area contributed by atoms with Crippen molar-refractivity contribution < 1.29 is 22.1 Å². The standard InChI is InChI=1S/C25H26Cl2N4O5S/c26-22-7-5-19(15-21(22)24-3-1-2-8-28-24)30-25(32)20-6-4-18(16-23(20)27)29-17-36-37(33,34)14-11-31-9-12-35-13-10-31/h1-8,15-16,29H,9-14,17H2,(H,30,32). The van der Waals surface area contributed by atoms with Crippen LogP contribution in [0.15, 0.2) is 60.8 Å². The zero-order valence-corrected chi connectivity index (χ0v) is 22.2. The molecule has 2 heterocycles. The van der Waals surface area contributed by atoms with Crippen LogP contribution in [0.25, 0.3) is 11.3 Å². The third-order valence-corrected chi connectivity index (χ3v) is 7.46. The third kappa shape index (κ3) is 7.88. The van der Waals surface area contributed by atoms with Gasteiger partial charge in [0, 0.05) is 42.8 Å². The maximum Gasteiger partial charge on any atom is 0.270 e. The van der Waals surface area contributed by atoms with Crippen LogP contribution in [0.5, 0.6) is 0 Å². The normalized spacial score (nSPS) is 14.3. The summed E-state index contributed by atoms with van der Waals surface area (Å²) in [6, 6.07) is 15.3. The molecule has 1 aliphatic rings. The lowest BCUT2D eigenvalue weighted by Gasteiger charge is -2.26. The van der Waals surface area contributed by atoms with Gasteiger partial charge in [0.25, 0.3) is 16.0 Å². The summed E-state index contributed by atoms with van der Waals surface area (Å²) in [6.07, 6.45) is 1.66. The van der Waals surface area contributed by atoms with Crippen LogP contribution in [0, 0.1) is 0 Å². The molecule has 9 nitrogen and oxygen atoms in total. The molecule has 1 fully saturated rings. The van der Waals surface area contributed by atoms with Crippen molar-refractivity contribution in [3.8, 4) is 11.3 Å². The number of hydrogen-bond donors (Lipinski definition) is 2. The summed E-state index contributed by atoms with van der Waals surface area (Å²) < 4.78 is 34.6. The molecule has 1 aromatic heterocycles. The lowest BCUT2D eigenvalue weighted by molar-refractivity contribution is 0.0405. The van der Waals surface area contributed by atoms with E-state index in [0.717, 1.165) is 0 Å². The Morgan fingerprint density at radius 2 is 1.81 bits per heavy atom. The van der Waals surface area contributed by atoms with Gasteiger partial charge < -0.3 is 15.4 Å². The Bertz CT molecular complexity index is 1340. The highest BCUT2D eigenvalue weighted by Crippen LogP contribution is 2.30. The van der Waals surface area contributed by atoms with E-state index in [9.17, 15) is 13.2 Å². The Balaban J connectivity index is 1.32. The van der Waals surface area contributed by atoms with Crippen LogP contribution in [0.1, 0.15) is 10.4 Å². The van der Waals surface area contributed by atoms with Gasteiger partial charge in [0.15, 0.2) is 0 Å². The first kappa shape index (κ1) is 27.3. The molecule has 0 unspecified atom stereocenters. The van der Waals surface area contributed by atoms with Gasteiger partial charge in [-0.3, -0.25) is 14.7 Å². The van der Waals surface area contributed by atoms with Gasteiger partial charge in [-0.25, -0.2) is 4.18 Å². The SMILES string of the molecule is O=C(Nc1ccc(Cl)c(-c2ccccn2)c1)c1ccc(NCOS(=O)(=O)CCN2CCOCC2)cc1Cl.